The van der Waals surface area contributed by atoms with E-state index in [0.29, 0.717) is 12.5 Å². The number of likely N-dealkylation sites (tertiary alicyclic amines) is 1. The van der Waals surface area contributed by atoms with E-state index >= 15 is 0 Å². The summed E-state index contributed by atoms with van der Waals surface area (Å²) in [6, 6.07) is 0. The molecule has 8 nitrogen and oxygen atoms in total. The van der Waals surface area contributed by atoms with Gasteiger partial charge in [-0.25, -0.2) is 4.98 Å². The lowest BCUT2D eigenvalue weighted by atomic mass is 9.95. The van der Waals surface area contributed by atoms with Crippen LogP contribution < -0.4 is 5.56 Å². The fourth-order valence-corrected chi connectivity index (χ4v) is 4.71. The smallest absolute Gasteiger partial charge is 0.255 e. The number of amides is 1. The Bertz CT molecular complexity index is 984. The van der Waals surface area contributed by atoms with Gasteiger partial charge in [-0.3, -0.25) is 19.2 Å². The molecule has 2 aliphatic heterocycles. The second-order valence-electron chi connectivity index (χ2n) is 8.92. The van der Waals surface area contributed by atoms with Gasteiger partial charge >= 0.3 is 0 Å². The van der Waals surface area contributed by atoms with Crippen LogP contribution in [0, 0.1) is 5.92 Å². The summed E-state index contributed by atoms with van der Waals surface area (Å²) in [7, 11) is 0. The molecule has 2 aromatic rings. The summed E-state index contributed by atoms with van der Waals surface area (Å²) in [5.74, 6) is 1.66. The van der Waals surface area contributed by atoms with Crippen LogP contribution in [0.15, 0.2) is 17.2 Å². The summed E-state index contributed by atoms with van der Waals surface area (Å²) >= 11 is 0. The molecule has 0 atom stereocenters. The monoisotopic (exact) mass is 410 g/mol. The van der Waals surface area contributed by atoms with Crippen molar-refractivity contribution in [3.8, 4) is 0 Å². The van der Waals surface area contributed by atoms with E-state index in [1.807, 2.05) is 15.8 Å². The number of aromatic nitrogens is 4. The van der Waals surface area contributed by atoms with Crippen LogP contribution >= 0.6 is 0 Å². The third kappa shape index (κ3) is 3.93. The van der Waals surface area contributed by atoms with Crippen molar-refractivity contribution in [2.24, 2.45) is 5.92 Å². The summed E-state index contributed by atoms with van der Waals surface area (Å²) in [4.78, 5) is 37.3. The van der Waals surface area contributed by atoms with Gasteiger partial charge < -0.3 is 9.88 Å². The van der Waals surface area contributed by atoms with Crippen molar-refractivity contribution in [1.29, 1.82) is 0 Å². The quantitative estimate of drug-likeness (QED) is 0.810. The molecule has 2 aromatic heterocycles. The van der Waals surface area contributed by atoms with Crippen LogP contribution in [0.5, 0.6) is 0 Å². The third-order valence-corrected chi connectivity index (χ3v) is 6.70. The molecule has 2 fully saturated rings. The zero-order valence-electron chi connectivity index (χ0n) is 17.6. The lowest BCUT2D eigenvalue weighted by molar-refractivity contribution is -0.133. The Balaban J connectivity index is 1.24. The van der Waals surface area contributed by atoms with Gasteiger partial charge in [-0.1, -0.05) is 0 Å². The van der Waals surface area contributed by atoms with E-state index in [1.54, 1.807) is 0 Å². The number of hydrogen-bond donors (Lipinski definition) is 1. The van der Waals surface area contributed by atoms with Crippen LogP contribution in [0.25, 0.3) is 0 Å². The van der Waals surface area contributed by atoms with Crippen LogP contribution in [0.3, 0.4) is 0 Å². The molecule has 1 N–H and O–H groups in total. The fraction of sp³-hybridized carbons (Fsp3) is 0.636. The molecule has 0 spiro atoms. The van der Waals surface area contributed by atoms with Gasteiger partial charge in [-0.05, 0) is 32.6 Å². The number of piperidine rings is 1. The van der Waals surface area contributed by atoms with E-state index in [-0.39, 0.29) is 17.4 Å². The van der Waals surface area contributed by atoms with Crippen LogP contribution in [-0.2, 0) is 30.8 Å². The van der Waals surface area contributed by atoms with Crippen LogP contribution in [0.2, 0.25) is 0 Å². The molecule has 5 rings (SSSR count). The molecule has 0 bridgehead atoms. The van der Waals surface area contributed by atoms with Gasteiger partial charge in [0.1, 0.15) is 5.82 Å². The number of H-pyrrole nitrogens is 1. The first kappa shape index (κ1) is 19.5. The van der Waals surface area contributed by atoms with Gasteiger partial charge in [0.15, 0.2) is 0 Å². The molecule has 8 heteroatoms. The van der Waals surface area contributed by atoms with Crippen molar-refractivity contribution < 1.29 is 4.79 Å². The first-order chi connectivity index (χ1) is 14.6. The van der Waals surface area contributed by atoms with E-state index < -0.39 is 0 Å². The van der Waals surface area contributed by atoms with E-state index in [0.717, 1.165) is 81.9 Å². The minimum absolute atomic E-state index is 0.000407. The van der Waals surface area contributed by atoms with Crippen molar-refractivity contribution >= 4 is 5.91 Å². The Hall–Kier alpha value is -2.48. The number of aromatic amines is 1. The molecule has 0 radical (unpaired) electrons. The van der Waals surface area contributed by atoms with E-state index in [4.69, 9.17) is 4.98 Å². The maximum Gasteiger partial charge on any atom is 0.255 e. The lowest BCUT2D eigenvalue weighted by Gasteiger charge is -2.32. The maximum atomic E-state index is 12.8. The molecular weight excluding hydrogens is 380 g/mol. The van der Waals surface area contributed by atoms with Crippen molar-refractivity contribution in [2.75, 3.05) is 19.6 Å². The second-order valence-corrected chi connectivity index (χ2v) is 8.92. The zero-order valence-corrected chi connectivity index (χ0v) is 17.6. The minimum atomic E-state index is 0.000407. The highest BCUT2D eigenvalue weighted by Crippen LogP contribution is 2.34. The molecule has 0 unspecified atom stereocenters. The molecule has 1 saturated heterocycles. The second kappa shape index (κ2) is 7.98. The molecule has 1 amide bonds. The average molecular weight is 411 g/mol. The maximum absolute atomic E-state index is 12.8. The lowest BCUT2D eigenvalue weighted by Crippen LogP contribution is -2.40. The van der Waals surface area contributed by atoms with Gasteiger partial charge in [0.25, 0.3) is 5.56 Å². The van der Waals surface area contributed by atoms with Crippen molar-refractivity contribution in [3.05, 3.63) is 45.4 Å². The average Bonchev–Trinajstić information content (AvgIpc) is 3.53. The molecule has 160 valence electrons. The number of nitrogens with one attached hydrogen (secondary N) is 1. The molecule has 3 aliphatic rings. The SMILES string of the molecule is CCn1cc(CN2CCc3nc(C4CCN(C(=O)C5CC5)CC4)[nH]c(=O)c3C2)cn1. The molecule has 4 heterocycles. The Labute approximate surface area is 176 Å². The van der Waals surface area contributed by atoms with Gasteiger partial charge in [0.05, 0.1) is 17.5 Å². The Kier molecular flexibility index (Phi) is 5.18. The largest absolute Gasteiger partial charge is 0.342 e. The highest BCUT2D eigenvalue weighted by Gasteiger charge is 2.35. The van der Waals surface area contributed by atoms with Crippen molar-refractivity contribution in [3.63, 3.8) is 0 Å². The summed E-state index contributed by atoms with van der Waals surface area (Å²) in [5, 5.41) is 4.34. The fourth-order valence-electron chi connectivity index (χ4n) is 4.71. The Morgan fingerprint density at radius 1 is 1.20 bits per heavy atom. The predicted molar refractivity (Wildman–Crippen MR) is 112 cm³/mol. The first-order valence-electron chi connectivity index (χ1n) is 11.2. The number of carbonyl (C=O) groups is 1. The van der Waals surface area contributed by atoms with Gasteiger partial charge in [0.2, 0.25) is 5.91 Å². The van der Waals surface area contributed by atoms with Crippen molar-refractivity contribution in [1.82, 2.24) is 29.5 Å². The number of fused-ring (bicyclic) bond motifs is 1. The van der Waals surface area contributed by atoms with Crippen molar-refractivity contribution in [2.45, 2.75) is 64.6 Å². The number of rotatable bonds is 5. The van der Waals surface area contributed by atoms with E-state index in [2.05, 4.69) is 28.1 Å². The highest BCUT2D eigenvalue weighted by atomic mass is 16.2. The molecule has 0 aromatic carbocycles. The minimum Gasteiger partial charge on any atom is -0.342 e. The summed E-state index contributed by atoms with van der Waals surface area (Å²) in [6.45, 7) is 6.82. The predicted octanol–water partition coefficient (Wildman–Crippen LogP) is 1.66. The molecular formula is C22H30N6O2. The van der Waals surface area contributed by atoms with Gasteiger partial charge in [-0.2, -0.15) is 5.10 Å². The van der Waals surface area contributed by atoms with Crippen LogP contribution in [0.1, 0.15) is 61.2 Å². The number of carbonyl (C=O) groups excluding carboxylic acids is 1. The number of aryl methyl sites for hydroxylation is 1. The first-order valence-corrected chi connectivity index (χ1v) is 11.2. The van der Waals surface area contributed by atoms with E-state index in [9.17, 15) is 9.59 Å². The molecule has 30 heavy (non-hydrogen) atoms. The van der Waals surface area contributed by atoms with Gasteiger partial charge in [-0.15, -0.1) is 0 Å². The molecule has 1 saturated carbocycles. The number of hydrogen-bond acceptors (Lipinski definition) is 5. The number of nitrogens with zero attached hydrogens (tertiary/aromatic N) is 5. The zero-order chi connectivity index (χ0) is 20.7. The molecule has 1 aliphatic carbocycles. The van der Waals surface area contributed by atoms with Gasteiger partial charge in [0, 0.05) is 69.3 Å². The Morgan fingerprint density at radius 2 is 2.00 bits per heavy atom. The van der Waals surface area contributed by atoms with Crippen LogP contribution in [-0.4, -0.2) is 55.1 Å². The Morgan fingerprint density at radius 3 is 2.70 bits per heavy atom. The summed E-state index contributed by atoms with van der Waals surface area (Å²) < 4.78 is 1.93. The standard InChI is InChI=1S/C22H30N6O2/c1-2-28-13-15(11-23-28)12-26-8-7-19-18(14-26)21(29)25-20(24-19)16-5-9-27(10-6-16)22(30)17-3-4-17/h11,13,16-17H,2-10,12,14H2,1H3,(H,24,25,29). The summed E-state index contributed by atoms with van der Waals surface area (Å²) in [6.07, 6.45) is 8.65. The highest BCUT2D eigenvalue weighted by molar-refractivity contribution is 5.81. The van der Waals surface area contributed by atoms with Crippen LogP contribution in [0.4, 0.5) is 0 Å². The normalized spacial score (nSPS) is 20.4. The summed E-state index contributed by atoms with van der Waals surface area (Å²) in [5.41, 5.74) is 2.93. The topological polar surface area (TPSA) is 87.1 Å². The third-order valence-electron chi connectivity index (χ3n) is 6.70. The van der Waals surface area contributed by atoms with E-state index in [1.165, 1.54) is 5.56 Å².